The molecule has 1 aromatic heterocycles. The maximum atomic E-state index is 11.3. The van der Waals surface area contributed by atoms with E-state index in [4.69, 9.17) is 27.1 Å². The Labute approximate surface area is 165 Å². The smallest absolute Gasteiger partial charge is 0.339 e. The zero-order valence-corrected chi connectivity index (χ0v) is 15.8. The van der Waals surface area contributed by atoms with E-state index < -0.39 is 17.4 Å². The summed E-state index contributed by atoms with van der Waals surface area (Å²) >= 11 is 8.15. The second kappa shape index (κ2) is 9.43. The molecule has 2 rings (SSSR count). The molecule has 0 aliphatic rings. The number of carbonyl (C=O) groups is 1. The maximum absolute atomic E-state index is 11.3. The van der Waals surface area contributed by atoms with E-state index in [2.05, 4.69) is 35.0 Å². The summed E-state index contributed by atoms with van der Waals surface area (Å²) in [7, 11) is 0. The molecule has 0 aliphatic heterocycles. The summed E-state index contributed by atoms with van der Waals surface area (Å²) in [6.07, 6.45) is 0. The number of hydrogen-bond acceptors (Lipinski definition) is 10. The monoisotopic (exact) mass is 405 g/mol. The van der Waals surface area contributed by atoms with Gasteiger partial charge in [-0.05, 0) is 19.1 Å². The van der Waals surface area contributed by atoms with Crippen molar-refractivity contribution in [1.82, 2.24) is 4.98 Å². The minimum absolute atomic E-state index is 0.00657. The fourth-order valence-electron chi connectivity index (χ4n) is 1.78. The number of nitrogens with two attached hydrogens (primary N) is 2. The van der Waals surface area contributed by atoms with Crippen LogP contribution in [0, 0.1) is 29.6 Å². The lowest BCUT2D eigenvalue weighted by atomic mass is 10.1. The van der Waals surface area contributed by atoms with Crippen molar-refractivity contribution in [3.63, 3.8) is 0 Å². The molecule has 1 heterocycles. The fraction of sp³-hybridized carbons (Fsp3) is 0.125. The zero-order chi connectivity index (χ0) is 20.7. The van der Waals surface area contributed by atoms with Gasteiger partial charge in [0, 0.05) is 15.4 Å². The molecule has 27 heavy (non-hydrogen) atoms. The summed E-state index contributed by atoms with van der Waals surface area (Å²) in [6.45, 7) is 1.22. The second-order valence-corrected chi connectivity index (χ2v) is 5.95. The summed E-state index contributed by atoms with van der Waals surface area (Å²) in [4.78, 5) is 25.2. The van der Waals surface area contributed by atoms with Crippen molar-refractivity contribution in [2.24, 2.45) is 0 Å². The van der Waals surface area contributed by atoms with Crippen LogP contribution in [-0.4, -0.2) is 22.7 Å². The molecule has 11 heteroatoms. The SMILES string of the molecule is Cc1c(C#N)c(O)[nH]c(=O)c1N.N#CCOC(=O)c1cc(S)c(N)c(S)c1. The predicted octanol–water partition coefficient (Wildman–Crippen LogP) is 1.37. The third-order valence-electron chi connectivity index (χ3n) is 3.24. The lowest BCUT2D eigenvalue weighted by Crippen LogP contribution is -2.14. The van der Waals surface area contributed by atoms with Crippen molar-refractivity contribution in [3.8, 4) is 18.0 Å². The van der Waals surface area contributed by atoms with Crippen LogP contribution >= 0.6 is 25.3 Å². The highest BCUT2D eigenvalue weighted by Crippen LogP contribution is 2.26. The number of aromatic amines is 1. The minimum atomic E-state index is -0.595. The molecule has 9 nitrogen and oxygen atoms in total. The number of nitriles is 2. The molecule has 0 amide bonds. The number of carbonyl (C=O) groups excluding carboxylic acids is 1. The summed E-state index contributed by atoms with van der Waals surface area (Å²) in [6, 6.07) is 6.37. The van der Waals surface area contributed by atoms with Crippen molar-refractivity contribution in [2.75, 3.05) is 18.1 Å². The fourth-order valence-corrected chi connectivity index (χ4v) is 2.39. The molecule has 0 unspecified atom stereocenters. The van der Waals surface area contributed by atoms with Crippen molar-refractivity contribution in [3.05, 3.63) is 39.2 Å². The highest BCUT2D eigenvalue weighted by Gasteiger charge is 2.11. The maximum Gasteiger partial charge on any atom is 0.339 e. The van der Waals surface area contributed by atoms with E-state index in [9.17, 15) is 9.59 Å². The summed E-state index contributed by atoms with van der Waals surface area (Å²) in [5.74, 6) is -1.03. The molecule has 140 valence electrons. The Kier molecular flexibility index (Phi) is 7.60. The number of nitrogens with zero attached hydrogens (tertiary/aromatic N) is 2. The number of anilines is 2. The molecule has 0 saturated carbocycles. The van der Waals surface area contributed by atoms with E-state index in [-0.39, 0.29) is 23.4 Å². The number of hydrogen-bond donors (Lipinski definition) is 6. The lowest BCUT2D eigenvalue weighted by Gasteiger charge is -2.06. The van der Waals surface area contributed by atoms with Gasteiger partial charge >= 0.3 is 5.97 Å². The number of nitrogen functional groups attached to an aromatic ring is 2. The number of thiol groups is 2. The number of benzene rings is 1. The Morgan fingerprint density at radius 3 is 2.30 bits per heavy atom. The van der Waals surface area contributed by atoms with E-state index in [0.29, 0.717) is 21.0 Å². The molecule has 0 atom stereocenters. The predicted molar refractivity (Wildman–Crippen MR) is 104 cm³/mol. The third kappa shape index (κ3) is 5.34. The Morgan fingerprint density at radius 2 is 1.81 bits per heavy atom. The number of aromatic nitrogens is 1. The highest BCUT2D eigenvalue weighted by atomic mass is 32.1. The van der Waals surface area contributed by atoms with Crippen molar-refractivity contribution >= 4 is 42.6 Å². The molecule has 1 aromatic carbocycles. The number of pyridine rings is 1. The number of rotatable bonds is 2. The van der Waals surface area contributed by atoms with Crippen LogP contribution in [0.1, 0.15) is 21.5 Å². The zero-order valence-electron chi connectivity index (χ0n) is 14.0. The molecular weight excluding hydrogens is 390 g/mol. The van der Waals surface area contributed by atoms with E-state index in [1.165, 1.54) is 19.1 Å². The Balaban J connectivity index is 0.000000277. The van der Waals surface area contributed by atoms with Crippen LogP contribution in [0.5, 0.6) is 5.88 Å². The van der Waals surface area contributed by atoms with E-state index >= 15 is 0 Å². The van der Waals surface area contributed by atoms with Crippen LogP contribution in [0.3, 0.4) is 0 Å². The van der Waals surface area contributed by atoms with Crippen LogP contribution < -0.4 is 17.0 Å². The lowest BCUT2D eigenvalue weighted by molar-refractivity contribution is 0.0554. The molecule has 0 aliphatic carbocycles. The topological polar surface area (TPSA) is 179 Å². The molecule has 0 spiro atoms. The van der Waals surface area contributed by atoms with Crippen LogP contribution in [0.25, 0.3) is 0 Å². The quantitative estimate of drug-likeness (QED) is 0.246. The largest absolute Gasteiger partial charge is 0.494 e. The summed E-state index contributed by atoms with van der Waals surface area (Å²) < 4.78 is 4.62. The first-order chi connectivity index (χ1) is 12.6. The van der Waals surface area contributed by atoms with Gasteiger partial charge < -0.3 is 21.3 Å². The van der Waals surface area contributed by atoms with Crippen LogP contribution in [0.2, 0.25) is 0 Å². The van der Waals surface area contributed by atoms with Gasteiger partial charge in [0.15, 0.2) is 6.61 Å². The van der Waals surface area contributed by atoms with Gasteiger partial charge in [0.2, 0.25) is 5.88 Å². The Hall–Kier alpha value is -3.28. The van der Waals surface area contributed by atoms with Gasteiger partial charge in [0.25, 0.3) is 5.56 Å². The van der Waals surface area contributed by atoms with E-state index in [0.717, 1.165) is 0 Å². The summed E-state index contributed by atoms with van der Waals surface area (Å²) in [5, 5.41) is 25.8. The van der Waals surface area contributed by atoms with Gasteiger partial charge in [-0.15, -0.1) is 25.3 Å². The number of nitrogens with one attached hydrogen (secondary N) is 1. The third-order valence-corrected chi connectivity index (χ3v) is 3.98. The first-order valence-corrected chi connectivity index (χ1v) is 8.00. The molecule has 0 saturated heterocycles. The van der Waals surface area contributed by atoms with Crippen LogP contribution in [-0.2, 0) is 4.74 Å². The van der Waals surface area contributed by atoms with Crippen LogP contribution in [0.4, 0.5) is 11.4 Å². The van der Waals surface area contributed by atoms with Crippen LogP contribution in [0.15, 0.2) is 26.7 Å². The number of ether oxygens (including phenoxy) is 1. The van der Waals surface area contributed by atoms with Crippen molar-refractivity contribution in [1.29, 1.82) is 10.5 Å². The molecule has 0 radical (unpaired) electrons. The van der Waals surface area contributed by atoms with E-state index in [1.807, 2.05) is 0 Å². The van der Waals surface area contributed by atoms with Crippen molar-refractivity contribution < 1.29 is 14.6 Å². The average Bonchev–Trinajstić information content (AvgIpc) is 2.62. The van der Waals surface area contributed by atoms with Gasteiger partial charge in [-0.25, -0.2) is 4.79 Å². The van der Waals surface area contributed by atoms with Gasteiger partial charge in [0.05, 0.1) is 11.3 Å². The number of esters is 1. The number of aromatic hydroxyl groups is 1. The Bertz CT molecular complexity index is 998. The first-order valence-electron chi connectivity index (χ1n) is 7.10. The molecule has 0 fully saturated rings. The molecular formula is C16H15N5O4S2. The molecule has 2 aromatic rings. The second-order valence-electron chi connectivity index (χ2n) is 4.99. The van der Waals surface area contributed by atoms with E-state index in [1.54, 1.807) is 12.1 Å². The average molecular weight is 405 g/mol. The van der Waals surface area contributed by atoms with Gasteiger partial charge in [0.1, 0.15) is 23.4 Å². The Morgan fingerprint density at radius 1 is 1.26 bits per heavy atom. The number of H-pyrrole nitrogens is 1. The van der Waals surface area contributed by atoms with Gasteiger partial charge in [-0.1, -0.05) is 0 Å². The minimum Gasteiger partial charge on any atom is -0.494 e. The standard InChI is InChI=1S/C9H8N2O2S2.C7H7N3O2/c10-1-2-13-9(12)5-3-6(14)8(11)7(15)4-5;1-3-4(2-8)6(11)10-7(12)5(3)9/h3-4,14-15H,2,11H2;9H2,1H3,(H2,10,11,12). The van der Waals surface area contributed by atoms with Crippen molar-refractivity contribution in [2.45, 2.75) is 16.7 Å². The molecule has 6 N–H and O–H groups in total. The first kappa shape index (κ1) is 21.8. The molecule has 0 bridgehead atoms. The van der Waals surface area contributed by atoms with Gasteiger partial charge in [-0.2, -0.15) is 10.5 Å². The summed E-state index contributed by atoms with van der Waals surface area (Å²) in [5.41, 5.74) is 11.3. The highest BCUT2D eigenvalue weighted by molar-refractivity contribution is 7.81. The normalized spacial score (nSPS) is 9.37. The van der Waals surface area contributed by atoms with Gasteiger partial charge in [-0.3, -0.25) is 9.78 Å².